The Morgan fingerprint density at radius 2 is 1.80 bits per heavy atom. The summed E-state index contributed by atoms with van der Waals surface area (Å²) in [6, 6.07) is 5.72. The standard InChI is InChI=1S/C25H31N7O4S.CH2O3/c1-31-11-10-21(30-31)20-9-6-17(14-27-20)19-15-28-32-24(26)23(37(3,33)34)22(29-25(19)32)16-4-7-18(8-5-16)36-13-12-35-2;2-1(3)4/h6,9-11,14-16,18H,4-5,7-8,12-13,26H2,1-3H3;(H2,2,3,4). The van der Waals surface area contributed by atoms with Crippen LogP contribution < -0.4 is 5.73 Å². The van der Waals surface area contributed by atoms with Crippen LogP contribution in [0.5, 0.6) is 0 Å². The molecule has 0 amide bonds. The molecule has 0 atom stereocenters. The number of ether oxygens (including phenoxy) is 2. The molecule has 4 heterocycles. The lowest BCUT2D eigenvalue weighted by Crippen LogP contribution is -2.24. The van der Waals surface area contributed by atoms with Crippen molar-refractivity contribution in [2.24, 2.45) is 7.05 Å². The van der Waals surface area contributed by atoms with E-state index in [1.165, 1.54) is 10.8 Å². The van der Waals surface area contributed by atoms with E-state index >= 15 is 0 Å². The smallest absolute Gasteiger partial charge is 0.450 e. The second-order valence-corrected chi connectivity index (χ2v) is 11.7. The minimum atomic E-state index is -3.64. The van der Waals surface area contributed by atoms with Gasteiger partial charge in [0.15, 0.2) is 15.5 Å². The molecule has 1 aliphatic rings. The summed E-state index contributed by atoms with van der Waals surface area (Å²) >= 11 is 0. The van der Waals surface area contributed by atoms with E-state index < -0.39 is 16.0 Å². The van der Waals surface area contributed by atoms with Gasteiger partial charge in [0, 0.05) is 49.9 Å². The number of fused-ring (bicyclic) bond motifs is 1. The van der Waals surface area contributed by atoms with E-state index in [1.54, 1.807) is 24.2 Å². The van der Waals surface area contributed by atoms with E-state index in [1.807, 2.05) is 31.4 Å². The Hall–Kier alpha value is -4.08. The average molecular weight is 588 g/mol. The minimum absolute atomic E-state index is 0.0493. The molecule has 0 saturated heterocycles. The SMILES string of the molecule is COCCOC1CCC(c2nc3c(-c4ccc(-c5ccn(C)n5)nc4)cnn3c(N)c2S(C)(=O)=O)CC1.O=C(O)O. The number of carboxylic acid groups (broad SMARTS) is 2. The molecule has 0 unspecified atom stereocenters. The Balaban J connectivity index is 0.000000909. The maximum atomic E-state index is 12.8. The lowest BCUT2D eigenvalue weighted by molar-refractivity contribution is -0.00308. The predicted octanol–water partition coefficient (Wildman–Crippen LogP) is 3.09. The monoisotopic (exact) mass is 587 g/mol. The number of rotatable bonds is 8. The summed E-state index contributed by atoms with van der Waals surface area (Å²) in [6.45, 7) is 1.10. The third-order valence-electron chi connectivity index (χ3n) is 6.79. The third-order valence-corrected chi connectivity index (χ3v) is 7.95. The second-order valence-electron chi connectivity index (χ2n) is 9.70. The predicted molar refractivity (Wildman–Crippen MR) is 149 cm³/mol. The van der Waals surface area contributed by atoms with Gasteiger partial charge in [0.1, 0.15) is 16.4 Å². The van der Waals surface area contributed by atoms with Gasteiger partial charge in [-0.05, 0) is 37.8 Å². The van der Waals surface area contributed by atoms with Crippen LogP contribution in [0.25, 0.3) is 28.2 Å². The van der Waals surface area contributed by atoms with Crippen molar-refractivity contribution < 1.29 is 32.9 Å². The molecule has 15 heteroatoms. The van der Waals surface area contributed by atoms with Crippen molar-refractivity contribution in [2.45, 2.75) is 42.6 Å². The van der Waals surface area contributed by atoms with Crippen molar-refractivity contribution in [2.75, 3.05) is 32.3 Å². The molecule has 4 aromatic rings. The highest BCUT2D eigenvalue weighted by atomic mass is 32.2. The summed E-state index contributed by atoms with van der Waals surface area (Å²) in [4.78, 5) is 18.1. The molecular weight excluding hydrogens is 554 g/mol. The molecule has 4 N–H and O–H groups in total. The normalized spacial score (nSPS) is 17.2. The van der Waals surface area contributed by atoms with Crippen LogP contribution in [0.3, 0.4) is 0 Å². The Morgan fingerprint density at radius 3 is 2.37 bits per heavy atom. The van der Waals surface area contributed by atoms with Gasteiger partial charge in [-0.25, -0.2) is 18.2 Å². The first-order chi connectivity index (χ1) is 19.5. The van der Waals surface area contributed by atoms with Crippen molar-refractivity contribution in [1.82, 2.24) is 29.4 Å². The number of methoxy groups -OCH3 is 1. The van der Waals surface area contributed by atoms with Crippen LogP contribution in [0.1, 0.15) is 37.3 Å². The van der Waals surface area contributed by atoms with Crippen LogP contribution in [0.15, 0.2) is 41.7 Å². The fraction of sp³-hybridized carbons (Fsp3) is 0.423. The zero-order chi connectivity index (χ0) is 29.7. The van der Waals surface area contributed by atoms with Crippen molar-refractivity contribution >= 4 is 27.5 Å². The number of aryl methyl sites for hydroxylation is 1. The maximum Gasteiger partial charge on any atom is 0.503 e. The molecule has 4 aromatic heterocycles. The van der Waals surface area contributed by atoms with Crippen molar-refractivity contribution in [3.05, 3.63) is 42.5 Å². The Kier molecular flexibility index (Phi) is 9.20. The number of carbonyl (C=O) groups is 1. The van der Waals surface area contributed by atoms with Crippen molar-refractivity contribution in [3.8, 4) is 22.5 Å². The summed E-state index contributed by atoms with van der Waals surface area (Å²) in [5, 5.41) is 22.7. The highest BCUT2D eigenvalue weighted by Crippen LogP contribution is 2.39. The zero-order valence-corrected chi connectivity index (χ0v) is 23.8. The second kappa shape index (κ2) is 12.6. The average Bonchev–Trinajstić information content (AvgIpc) is 3.55. The number of sulfone groups is 1. The molecular formula is C26H33N7O7S. The lowest BCUT2D eigenvalue weighted by Gasteiger charge is -2.29. The summed E-state index contributed by atoms with van der Waals surface area (Å²) in [6.07, 6.45) is 7.86. The number of pyridine rings is 1. The molecule has 41 heavy (non-hydrogen) atoms. The summed E-state index contributed by atoms with van der Waals surface area (Å²) in [5.41, 5.74) is 10.5. The molecule has 220 valence electrons. The van der Waals surface area contributed by atoms with Gasteiger partial charge in [-0.2, -0.15) is 14.7 Å². The molecule has 0 spiro atoms. The topological polar surface area (TPSA) is 197 Å². The zero-order valence-electron chi connectivity index (χ0n) is 23.0. The van der Waals surface area contributed by atoms with E-state index in [0.29, 0.717) is 24.6 Å². The van der Waals surface area contributed by atoms with Crippen LogP contribution in [0, 0.1) is 0 Å². The number of hydrogen-bond acceptors (Lipinski definition) is 10. The van der Waals surface area contributed by atoms with E-state index in [4.69, 9.17) is 35.2 Å². The maximum absolute atomic E-state index is 12.8. The van der Waals surface area contributed by atoms with Gasteiger partial charge in [-0.1, -0.05) is 6.07 Å². The Bertz CT molecular complexity index is 1610. The molecule has 14 nitrogen and oxygen atoms in total. The fourth-order valence-electron chi connectivity index (χ4n) is 4.94. The molecule has 1 saturated carbocycles. The van der Waals surface area contributed by atoms with Crippen LogP contribution in [0.4, 0.5) is 10.6 Å². The number of nitrogens with two attached hydrogens (primary N) is 1. The van der Waals surface area contributed by atoms with Gasteiger partial charge < -0.3 is 25.4 Å². The highest BCUT2D eigenvalue weighted by molar-refractivity contribution is 7.91. The molecule has 0 aliphatic heterocycles. The van der Waals surface area contributed by atoms with Gasteiger partial charge >= 0.3 is 6.16 Å². The van der Waals surface area contributed by atoms with E-state index in [2.05, 4.69) is 15.2 Å². The number of anilines is 1. The van der Waals surface area contributed by atoms with E-state index in [-0.39, 0.29) is 22.7 Å². The molecule has 0 aromatic carbocycles. The Morgan fingerprint density at radius 1 is 1.10 bits per heavy atom. The quantitative estimate of drug-likeness (QED) is 0.255. The molecule has 0 radical (unpaired) electrons. The molecule has 5 rings (SSSR count). The lowest BCUT2D eigenvalue weighted by atomic mass is 9.85. The van der Waals surface area contributed by atoms with Gasteiger partial charge in [0.25, 0.3) is 0 Å². The van der Waals surface area contributed by atoms with Crippen molar-refractivity contribution in [1.29, 1.82) is 0 Å². The summed E-state index contributed by atoms with van der Waals surface area (Å²) in [7, 11) is -0.138. The molecule has 1 fully saturated rings. The van der Waals surface area contributed by atoms with Crippen LogP contribution >= 0.6 is 0 Å². The number of hydrogen-bond donors (Lipinski definition) is 3. The van der Waals surface area contributed by atoms with Gasteiger partial charge in [0.05, 0.1) is 36.9 Å². The van der Waals surface area contributed by atoms with Crippen LogP contribution in [-0.4, -0.2) is 86.8 Å². The van der Waals surface area contributed by atoms with Crippen molar-refractivity contribution in [3.63, 3.8) is 0 Å². The fourth-order valence-corrected chi connectivity index (χ4v) is 5.99. The van der Waals surface area contributed by atoms with Crippen LogP contribution in [0.2, 0.25) is 0 Å². The van der Waals surface area contributed by atoms with Gasteiger partial charge in [0.2, 0.25) is 0 Å². The third kappa shape index (κ3) is 6.99. The van der Waals surface area contributed by atoms with E-state index in [9.17, 15) is 8.42 Å². The minimum Gasteiger partial charge on any atom is -0.450 e. The first kappa shape index (κ1) is 29.9. The first-order valence-corrected chi connectivity index (χ1v) is 14.7. The summed E-state index contributed by atoms with van der Waals surface area (Å²) < 4.78 is 39.8. The number of aromatic nitrogens is 6. The largest absolute Gasteiger partial charge is 0.503 e. The van der Waals surface area contributed by atoms with Gasteiger partial charge in [-0.15, -0.1) is 0 Å². The van der Waals surface area contributed by atoms with Gasteiger partial charge in [-0.3, -0.25) is 9.67 Å². The molecule has 1 aliphatic carbocycles. The summed E-state index contributed by atoms with van der Waals surface area (Å²) in [5.74, 6) is 0.0250. The highest BCUT2D eigenvalue weighted by Gasteiger charge is 2.32. The number of nitrogen functional groups attached to an aromatic ring is 1. The molecule has 0 bridgehead atoms. The Labute approximate surface area is 236 Å². The first-order valence-electron chi connectivity index (χ1n) is 12.9. The number of nitrogens with zero attached hydrogens (tertiary/aromatic N) is 6. The van der Waals surface area contributed by atoms with Crippen LogP contribution in [-0.2, 0) is 26.4 Å². The van der Waals surface area contributed by atoms with E-state index in [0.717, 1.165) is 48.2 Å².